The van der Waals surface area contributed by atoms with Crippen molar-refractivity contribution < 1.29 is 9.59 Å². The van der Waals surface area contributed by atoms with Crippen molar-refractivity contribution in [3.8, 4) is 0 Å². The average molecular weight is 631 g/mol. The molecular formula is C26H29Br2N7O2. The zero-order chi connectivity index (χ0) is 26.0. The number of anilines is 4. The van der Waals surface area contributed by atoms with Crippen molar-refractivity contribution >= 4 is 66.9 Å². The summed E-state index contributed by atoms with van der Waals surface area (Å²) in [6.45, 7) is 2.78. The second kappa shape index (κ2) is 13.4. The molecule has 2 aromatic carbocycles. The molecule has 1 saturated heterocycles. The average Bonchev–Trinajstić information content (AvgIpc) is 3.43. The number of hydrogen-bond donors (Lipinski definition) is 4. The first-order chi connectivity index (χ1) is 18.0. The van der Waals surface area contributed by atoms with Crippen LogP contribution in [0.4, 0.5) is 27.9 Å². The van der Waals surface area contributed by atoms with Crippen LogP contribution in [-0.2, 0) is 11.2 Å². The third-order valence-electron chi connectivity index (χ3n) is 5.75. The molecular weight excluding hydrogens is 602 g/mol. The molecule has 4 rings (SSSR count). The number of urea groups is 1. The Morgan fingerprint density at radius 2 is 1.73 bits per heavy atom. The quantitative estimate of drug-likeness (QED) is 0.219. The van der Waals surface area contributed by atoms with Crippen molar-refractivity contribution in [2.24, 2.45) is 0 Å². The van der Waals surface area contributed by atoms with Crippen LogP contribution in [0, 0.1) is 0 Å². The Bertz CT molecular complexity index is 1220. The highest BCUT2D eigenvalue weighted by Gasteiger charge is 2.17. The van der Waals surface area contributed by atoms with E-state index >= 15 is 0 Å². The molecule has 3 aromatic rings. The number of halogens is 2. The number of nitrogens with zero attached hydrogens (tertiary/aromatic N) is 3. The topological polar surface area (TPSA) is 111 Å². The van der Waals surface area contributed by atoms with Crippen molar-refractivity contribution in [3.05, 3.63) is 69.2 Å². The first-order valence-corrected chi connectivity index (χ1v) is 13.8. The van der Waals surface area contributed by atoms with Gasteiger partial charge in [-0.15, -0.1) is 0 Å². The summed E-state index contributed by atoms with van der Waals surface area (Å²) < 4.78 is 1.73. The van der Waals surface area contributed by atoms with Crippen LogP contribution in [0.2, 0.25) is 0 Å². The van der Waals surface area contributed by atoms with Gasteiger partial charge >= 0.3 is 6.03 Å². The Morgan fingerprint density at radius 1 is 0.973 bits per heavy atom. The van der Waals surface area contributed by atoms with Gasteiger partial charge in [0.1, 0.15) is 5.82 Å². The Labute approximate surface area is 233 Å². The molecule has 1 aliphatic rings. The second-order valence-electron chi connectivity index (χ2n) is 8.65. The summed E-state index contributed by atoms with van der Waals surface area (Å²) in [5.41, 5.74) is 2.45. The predicted molar refractivity (Wildman–Crippen MR) is 153 cm³/mol. The van der Waals surface area contributed by atoms with E-state index in [1.54, 1.807) is 6.20 Å². The molecule has 1 aromatic heterocycles. The Morgan fingerprint density at radius 3 is 2.51 bits per heavy atom. The highest BCUT2D eigenvalue weighted by atomic mass is 79.9. The van der Waals surface area contributed by atoms with Gasteiger partial charge in [0.05, 0.1) is 10.9 Å². The van der Waals surface area contributed by atoms with Crippen molar-refractivity contribution in [2.45, 2.75) is 25.7 Å². The minimum absolute atomic E-state index is 0.00382. The van der Waals surface area contributed by atoms with Gasteiger partial charge in [-0.1, -0.05) is 34.1 Å². The van der Waals surface area contributed by atoms with Crippen LogP contribution >= 0.6 is 31.9 Å². The molecule has 0 bridgehead atoms. The Kier molecular flexibility index (Phi) is 9.72. The number of aromatic nitrogens is 2. The van der Waals surface area contributed by atoms with E-state index in [1.165, 1.54) is 0 Å². The molecule has 194 valence electrons. The van der Waals surface area contributed by atoms with Gasteiger partial charge in [-0.3, -0.25) is 4.79 Å². The summed E-state index contributed by atoms with van der Waals surface area (Å²) in [5.74, 6) is 1.07. The third kappa shape index (κ3) is 8.43. The summed E-state index contributed by atoms with van der Waals surface area (Å²) in [4.78, 5) is 35.2. The van der Waals surface area contributed by atoms with Crippen molar-refractivity contribution in [1.29, 1.82) is 0 Å². The van der Waals surface area contributed by atoms with E-state index < -0.39 is 0 Å². The SMILES string of the molecule is O=C(Cc1ccc(Br)cc1)NCCCNc1nc(Nc2cccc(NC(=O)N3CCCC3)c2)ncc1Br. The van der Waals surface area contributed by atoms with E-state index in [0.717, 1.165) is 52.5 Å². The number of amides is 3. The summed E-state index contributed by atoms with van der Waals surface area (Å²) in [7, 11) is 0. The van der Waals surface area contributed by atoms with Crippen molar-refractivity contribution in [1.82, 2.24) is 20.2 Å². The van der Waals surface area contributed by atoms with Crippen LogP contribution < -0.4 is 21.3 Å². The minimum Gasteiger partial charge on any atom is -0.369 e. The van der Waals surface area contributed by atoms with Crippen molar-refractivity contribution in [3.63, 3.8) is 0 Å². The zero-order valence-electron chi connectivity index (χ0n) is 20.3. The van der Waals surface area contributed by atoms with Gasteiger partial charge in [0.25, 0.3) is 0 Å². The van der Waals surface area contributed by atoms with Gasteiger partial charge in [-0.25, -0.2) is 9.78 Å². The molecule has 11 heteroatoms. The highest BCUT2D eigenvalue weighted by Crippen LogP contribution is 2.23. The lowest BCUT2D eigenvalue weighted by Gasteiger charge is -2.16. The van der Waals surface area contributed by atoms with E-state index in [0.29, 0.717) is 37.0 Å². The van der Waals surface area contributed by atoms with Crippen LogP contribution in [0.1, 0.15) is 24.8 Å². The monoisotopic (exact) mass is 629 g/mol. The van der Waals surface area contributed by atoms with E-state index in [-0.39, 0.29) is 11.9 Å². The third-order valence-corrected chi connectivity index (χ3v) is 6.86. The van der Waals surface area contributed by atoms with E-state index in [4.69, 9.17) is 0 Å². The molecule has 0 saturated carbocycles. The van der Waals surface area contributed by atoms with Crippen LogP contribution in [0.15, 0.2) is 63.7 Å². The number of carbonyl (C=O) groups excluding carboxylic acids is 2. The Hall–Kier alpha value is -3.18. The molecule has 4 N–H and O–H groups in total. The van der Waals surface area contributed by atoms with Crippen LogP contribution in [0.5, 0.6) is 0 Å². The lowest BCUT2D eigenvalue weighted by atomic mass is 10.1. The molecule has 2 heterocycles. The first-order valence-electron chi connectivity index (χ1n) is 12.2. The van der Waals surface area contributed by atoms with E-state index in [9.17, 15) is 9.59 Å². The van der Waals surface area contributed by atoms with E-state index in [2.05, 4.69) is 63.1 Å². The zero-order valence-corrected chi connectivity index (χ0v) is 23.4. The second-order valence-corrected chi connectivity index (χ2v) is 10.4. The molecule has 0 aliphatic carbocycles. The smallest absolute Gasteiger partial charge is 0.321 e. The molecule has 9 nitrogen and oxygen atoms in total. The maximum Gasteiger partial charge on any atom is 0.321 e. The maximum atomic E-state index is 12.4. The van der Waals surface area contributed by atoms with Gasteiger partial charge < -0.3 is 26.2 Å². The lowest BCUT2D eigenvalue weighted by molar-refractivity contribution is -0.120. The van der Waals surface area contributed by atoms with Gasteiger partial charge in [-0.05, 0) is 71.1 Å². The largest absolute Gasteiger partial charge is 0.369 e. The molecule has 0 atom stereocenters. The fourth-order valence-electron chi connectivity index (χ4n) is 3.85. The fourth-order valence-corrected chi connectivity index (χ4v) is 4.45. The molecule has 0 unspecified atom stereocenters. The predicted octanol–water partition coefficient (Wildman–Crippen LogP) is 5.53. The van der Waals surface area contributed by atoms with Crippen LogP contribution in [0.25, 0.3) is 0 Å². The van der Waals surface area contributed by atoms with Gasteiger partial charge in [0.2, 0.25) is 11.9 Å². The molecule has 0 spiro atoms. The fraction of sp³-hybridized carbons (Fsp3) is 0.308. The van der Waals surface area contributed by atoms with E-state index in [1.807, 2.05) is 53.4 Å². The van der Waals surface area contributed by atoms with Gasteiger partial charge in [0, 0.05) is 48.2 Å². The molecule has 3 amide bonds. The molecule has 37 heavy (non-hydrogen) atoms. The molecule has 1 fully saturated rings. The summed E-state index contributed by atoms with van der Waals surface area (Å²) in [6.07, 6.45) is 4.87. The standard InChI is InChI=1S/C26H29Br2N7O2/c27-19-9-7-18(8-10-19)15-23(36)29-11-4-12-30-24-22(28)17-31-25(34-24)32-20-5-3-6-21(16-20)33-26(37)35-13-1-2-14-35/h3,5-10,16-17H,1-2,4,11-15H2,(H,29,36)(H,33,37)(H2,30,31,32,34). The maximum absolute atomic E-state index is 12.4. The number of hydrogen-bond acceptors (Lipinski definition) is 6. The molecule has 0 radical (unpaired) electrons. The number of nitrogens with one attached hydrogen (secondary N) is 4. The Balaban J connectivity index is 1.23. The van der Waals surface area contributed by atoms with Crippen molar-refractivity contribution in [2.75, 3.05) is 42.1 Å². The van der Waals surface area contributed by atoms with Gasteiger partial charge in [0.15, 0.2) is 0 Å². The first kappa shape index (κ1) is 26.9. The minimum atomic E-state index is -0.0782. The summed E-state index contributed by atoms with van der Waals surface area (Å²) in [5, 5.41) is 12.4. The highest BCUT2D eigenvalue weighted by molar-refractivity contribution is 9.10. The normalized spacial score (nSPS) is 12.8. The lowest BCUT2D eigenvalue weighted by Crippen LogP contribution is -2.32. The summed E-state index contributed by atoms with van der Waals surface area (Å²) >= 11 is 6.88. The number of carbonyl (C=O) groups is 2. The number of rotatable bonds is 10. The number of benzene rings is 2. The van der Waals surface area contributed by atoms with Crippen LogP contribution in [-0.4, -0.2) is 53.0 Å². The van der Waals surface area contributed by atoms with Crippen LogP contribution in [0.3, 0.4) is 0 Å². The molecule has 1 aliphatic heterocycles. The number of likely N-dealkylation sites (tertiary alicyclic amines) is 1. The summed E-state index contributed by atoms with van der Waals surface area (Å²) in [6, 6.07) is 15.1. The van der Waals surface area contributed by atoms with Gasteiger partial charge in [-0.2, -0.15) is 4.98 Å².